The van der Waals surface area contributed by atoms with Gasteiger partial charge in [0, 0.05) is 18.7 Å². The zero-order valence-corrected chi connectivity index (χ0v) is 17.0. The fourth-order valence-electron chi connectivity index (χ4n) is 2.11. The summed E-state index contributed by atoms with van der Waals surface area (Å²) in [6.45, 7) is 8.47. The Balaban J connectivity index is 0.00000288. The lowest BCUT2D eigenvalue weighted by Crippen LogP contribution is -2.37. The Morgan fingerprint density at radius 1 is 1.17 bits per heavy atom. The molecule has 0 atom stereocenters. The molecule has 0 saturated carbocycles. The second-order valence-electron chi connectivity index (χ2n) is 5.46. The van der Waals surface area contributed by atoms with Gasteiger partial charge in [0.25, 0.3) is 0 Å². The smallest absolute Gasteiger partial charge is 0.216 e. The van der Waals surface area contributed by atoms with Crippen molar-refractivity contribution in [2.24, 2.45) is 4.99 Å². The Hall–Kier alpha value is -1.57. The summed E-state index contributed by atoms with van der Waals surface area (Å²) in [6.07, 6.45) is 4.04. The Kier molecular flexibility index (Phi) is 9.44. The molecular weight excluding hydrogens is 415 g/mol. The molecule has 5 nitrogen and oxygen atoms in total. The lowest BCUT2D eigenvalue weighted by atomic mass is 10.1. The number of rotatable bonds is 7. The van der Waals surface area contributed by atoms with Gasteiger partial charge >= 0.3 is 0 Å². The van der Waals surface area contributed by atoms with Crippen LogP contribution in [0.5, 0.6) is 0 Å². The number of hydrogen-bond acceptors (Lipinski definition) is 3. The third-order valence-corrected chi connectivity index (χ3v) is 3.43. The van der Waals surface area contributed by atoms with E-state index in [1.54, 1.807) is 6.20 Å². The third kappa shape index (κ3) is 6.51. The number of aryl methyl sites for hydroxylation is 1. The van der Waals surface area contributed by atoms with Crippen molar-refractivity contribution in [3.05, 3.63) is 41.9 Å². The van der Waals surface area contributed by atoms with Crippen LogP contribution in [0.1, 0.15) is 38.1 Å². The monoisotopic (exact) mass is 442 g/mol. The number of unbranched alkanes of at least 4 members (excludes halogenated alkanes) is 1. The van der Waals surface area contributed by atoms with E-state index in [9.17, 15) is 0 Å². The standard InChI is InChI=1S/C18H26N4O.HI/c1-4-6-11-20-18(19-5-2)22-13-17-21-12-16(23-17)15-9-7-14(3)8-10-15;/h7-10,12H,4-6,11,13H2,1-3H3,(H2,19,20,22);1H. The van der Waals surface area contributed by atoms with E-state index in [1.165, 1.54) is 5.56 Å². The van der Waals surface area contributed by atoms with Crippen LogP contribution in [0.25, 0.3) is 11.3 Å². The molecule has 1 aromatic heterocycles. The number of halogens is 1. The summed E-state index contributed by atoms with van der Waals surface area (Å²) < 4.78 is 5.79. The van der Waals surface area contributed by atoms with Gasteiger partial charge in [-0.3, -0.25) is 0 Å². The van der Waals surface area contributed by atoms with Crippen LogP contribution in [0.2, 0.25) is 0 Å². The molecule has 1 heterocycles. The fourth-order valence-corrected chi connectivity index (χ4v) is 2.11. The molecule has 0 bridgehead atoms. The van der Waals surface area contributed by atoms with Crippen molar-refractivity contribution in [2.75, 3.05) is 13.1 Å². The van der Waals surface area contributed by atoms with E-state index < -0.39 is 0 Å². The molecule has 0 amide bonds. The van der Waals surface area contributed by atoms with Crippen molar-refractivity contribution in [1.29, 1.82) is 0 Å². The van der Waals surface area contributed by atoms with Gasteiger partial charge in [-0.05, 0) is 20.3 Å². The molecule has 2 rings (SSSR count). The van der Waals surface area contributed by atoms with Gasteiger partial charge in [-0.2, -0.15) is 0 Å². The first-order valence-electron chi connectivity index (χ1n) is 8.26. The zero-order chi connectivity index (χ0) is 16.5. The van der Waals surface area contributed by atoms with Crippen molar-refractivity contribution in [3.63, 3.8) is 0 Å². The summed E-state index contributed by atoms with van der Waals surface area (Å²) >= 11 is 0. The summed E-state index contributed by atoms with van der Waals surface area (Å²) in [6, 6.07) is 8.21. The number of nitrogens with zero attached hydrogens (tertiary/aromatic N) is 2. The lowest BCUT2D eigenvalue weighted by Gasteiger charge is -2.09. The van der Waals surface area contributed by atoms with Crippen LogP contribution in [0.3, 0.4) is 0 Å². The fraction of sp³-hybridized carbons (Fsp3) is 0.444. The maximum Gasteiger partial charge on any atom is 0.216 e. The van der Waals surface area contributed by atoms with Gasteiger partial charge in [0.05, 0.1) is 6.20 Å². The normalized spacial score (nSPS) is 11.0. The van der Waals surface area contributed by atoms with Crippen LogP contribution in [0.4, 0.5) is 0 Å². The SMILES string of the molecule is CCCCNC(=NCc1ncc(-c2ccc(C)cc2)o1)NCC.I. The average Bonchev–Trinajstić information content (AvgIpc) is 3.02. The topological polar surface area (TPSA) is 62.5 Å². The van der Waals surface area contributed by atoms with Gasteiger partial charge in [0.1, 0.15) is 6.54 Å². The highest BCUT2D eigenvalue weighted by Gasteiger charge is 2.06. The molecule has 6 heteroatoms. The zero-order valence-electron chi connectivity index (χ0n) is 14.6. The summed E-state index contributed by atoms with van der Waals surface area (Å²) in [4.78, 5) is 8.83. The molecule has 0 fully saturated rings. The van der Waals surface area contributed by atoms with Gasteiger partial charge in [0.2, 0.25) is 5.89 Å². The predicted octanol–water partition coefficient (Wildman–Crippen LogP) is 4.12. The molecule has 1 aromatic carbocycles. The molecule has 0 spiro atoms. The number of aromatic nitrogens is 1. The van der Waals surface area contributed by atoms with Crippen molar-refractivity contribution in [3.8, 4) is 11.3 Å². The molecular formula is C18H27IN4O. The van der Waals surface area contributed by atoms with E-state index in [4.69, 9.17) is 4.42 Å². The molecule has 0 saturated heterocycles. The first-order chi connectivity index (χ1) is 11.2. The van der Waals surface area contributed by atoms with Gasteiger partial charge in [-0.1, -0.05) is 43.2 Å². The number of aliphatic imine (C=N–C) groups is 1. The van der Waals surface area contributed by atoms with Crippen LogP contribution < -0.4 is 10.6 Å². The highest BCUT2D eigenvalue weighted by molar-refractivity contribution is 14.0. The van der Waals surface area contributed by atoms with Crippen molar-refractivity contribution >= 4 is 29.9 Å². The van der Waals surface area contributed by atoms with E-state index in [2.05, 4.69) is 53.5 Å². The Morgan fingerprint density at radius 3 is 2.58 bits per heavy atom. The van der Waals surface area contributed by atoms with Gasteiger partial charge in [0.15, 0.2) is 11.7 Å². The van der Waals surface area contributed by atoms with Crippen LogP contribution in [-0.2, 0) is 6.54 Å². The van der Waals surface area contributed by atoms with Gasteiger partial charge in [-0.15, -0.1) is 24.0 Å². The highest BCUT2D eigenvalue weighted by atomic mass is 127. The van der Waals surface area contributed by atoms with Gasteiger partial charge in [-0.25, -0.2) is 9.98 Å². The first kappa shape index (κ1) is 20.5. The minimum Gasteiger partial charge on any atom is -0.439 e. The first-order valence-corrected chi connectivity index (χ1v) is 8.26. The quantitative estimate of drug-likeness (QED) is 0.293. The maximum atomic E-state index is 5.79. The Bertz CT molecular complexity index is 622. The minimum absolute atomic E-state index is 0. The largest absolute Gasteiger partial charge is 0.439 e. The van der Waals surface area contributed by atoms with Crippen LogP contribution >= 0.6 is 24.0 Å². The van der Waals surface area contributed by atoms with E-state index in [0.29, 0.717) is 12.4 Å². The summed E-state index contributed by atoms with van der Waals surface area (Å²) in [5.74, 6) is 2.20. The van der Waals surface area contributed by atoms with Crippen LogP contribution in [0, 0.1) is 6.92 Å². The second kappa shape index (κ2) is 11.1. The van der Waals surface area contributed by atoms with Crippen molar-refractivity contribution in [1.82, 2.24) is 15.6 Å². The van der Waals surface area contributed by atoms with Gasteiger partial charge < -0.3 is 15.1 Å². The summed E-state index contributed by atoms with van der Waals surface area (Å²) in [5, 5.41) is 6.53. The van der Waals surface area contributed by atoms with Crippen LogP contribution in [0.15, 0.2) is 39.9 Å². The summed E-state index contributed by atoms with van der Waals surface area (Å²) in [5.41, 5.74) is 2.26. The number of nitrogens with one attached hydrogen (secondary N) is 2. The van der Waals surface area contributed by atoms with E-state index in [0.717, 1.165) is 43.2 Å². The third-order valence-electron chi connectivity index (χ3n) is 3.43. The lowest BCUT2D eigenvalue weighted by molar-refractivity contribution is 0.509. The molecule has 0 aliphatic rings. The number of oxazole rings is 1. The Morgan fingerprint density at radius 2 is 1.92 bits per heavy atom. The molecule has 132 valence electrons. The Labute approximate surface area is 161 Å². The molecule has 0 unspecified atom stereocenters. The second-order valence-corrected chi connectivity index (χ2v) is 5.46. The number of benzene rings is 1. The van der Waals surface area contributed by atoms with Crippen LogP contribution in [-0.4, -0.2) is 24.0 Å². The number of hydrogen-bond donors (Lipinski definition) is 2. The van der Waals surface area contributed by atoms with Crippen molar-refractivity contribution < 1.29 is 4.42 Å². The average molecular weight is 442 g/mol. The van der Waals surface area contributed by atoms with E-state index in [1.807, 2.05) is 12.1 Å². The highest BCUT2D eigenvalue weighted by Crippen LogP contribution is 2.20. The molecule has 0 radical (unpaired) electrons. The molecule has 2 N–H and O–H groups in total. The molecule has 0 aliphatic heterocycles. The van der Waals surface area contributed by atoms with E-state index in [-0.39, 0.29) is 24.0 Å². The molecule has 24 heavy (non-hydrogen) atoms. The number of guanidine groups is 1. The summed E-state index contributed by atoms with van der Waals surface area (Å²) in [7, 11) is 0. The molecule has 2 aromatic rings. The maximum absolute atomic E-state index is 5.79. The van der Waals surface area contributed by atoms with E-state index >= 15 is 0 Å². The van der Waals surface area contributed by atoms with Crippen molar-refractivity contribution in [2.45, 2.75) is 40.2 Å². The predicted molar refractivity (Wildman–Crippen MR) is 110 cm³/mol. The molecule has 0 aliphatic carbocycles. The minimum atomic E-state index is 0.